The number of aldehydes is 1. The van der Waals surface area contributed by atoms with Gasteiger partial charge in [0.2, 0.25) is 0 Å². The first-order chi connectivity index (χ1) is 7.66. The normalized spacial score (nSPS) is 8.41. The summed E-state index contributed by atoms with van der Waals surface area (Å²) in [5, 5.41) is 23.6. The van der Waals surface area contributed by atoms with E-state index in [-0.39, 0.29) is 6.61 Å². The van der Waals surface area contributed by atoms with Gasteiger partial charge >= 0.3 is 11.9 Å². The molecular formula is C11H18O6. The number of aliphatic hydroxyl groups is 1. The molecule has 0 radical (unpaired) electrons. The second-order valence-corrected chi connectivity index (χ2v) is 3.35. The van der Waals surface area contributed by atoms with Gasteiger partial charge in [0.05, 0.1) is 6.61 Å². The zero-order valence-electron chi connectivity index (χ0n) is 9.92. The standard InChI is InChI=1S/C5H10O2.2C3H4O2/c1-5(2,3-6)4-7;2*1-2-3(4)5/h3,7H,4H2,1-2H3;2*2H,1H2,(H,4,5). The number of hydrogen-bond donors (Lipinski definition) is 3. The lowest BCUT2D eigenvalue weighted by atomic mass is 9.98. The molecule has 0 bridgehead atoms. The van der Waals surface area contributed by atoms with Crippen LogP contribution in [0, 0.1) is 5.41 Å². The number of carbonyl (C=O) groups excluding carboxylic acids is 1. The first-order valence-corrected chi connectivity index (χ1v) is 4.44. The Hall–Kier alpha value is -1.95. The van der Waals surface area contributed by atoms with Gasteiger partial charge in [-0.2, -0.15) is 0 Å². The zero-order chi connectivity index (χ0) is 14.5. The summed E-state index contributed by atoms with van der Waals surface area (Å²) in [5.41, 5.74) is -0.542. The largest absolute Gasteiger partial charge is 0.478 e. The van der Waals surface area contributed by atoms with Crippen LogP contribution in [0.15, 0.2) is 25.3 Å². The molecule has 0 aromatic heterocycles. The summed E-state index contributed by atoms with van der Waals surface area (Å²) in [6.45, 7) is 9.21. The highest BCUT2D eigenvalue weighted by Crippen LogP contribution is 2.06. The predicted molar refractivity (Wildman–Crippen MR) is 62.6 cm³/mol. The predicted octanol–water partition coefficient (Wildman–Crippen LogP) is 0.718. The summed E-state index contributed by atoms with van der Waals surface area (Å²) < 4.78 is 0. The Bertz CT molecular complexity index is 249. The maximum atomic E-state index is 9.90. The maximum Gasteiger partial charge on any atom is 0.327 e. The Kier molecular flexibility index (Phi) is 14.6. The zero-order valence-corrected chi connectivity index (χ0v) is 9.92. The van der Waals surface area contributed by atoms with Gasteiger partial charge in [0.1, 0.15) is 6.29 Å². The molecule has 0 aromatic carbocycles. The fraction of sp³-hybridized carbons (Fsp3) is 0.364. The minimum atomic E-state index is -0.981. The molecule has 6 heteroatoms. The van der Waals surface area contributed by atoms with Crippen molar-refractivity contribution >= 4 is 18.2 Å². The van der Waals surface area contributed by atoms with Gasteiger partial charge in [0, 0.05) is 17.6 Å². The van der Waals surface area contributed by atoms with Crippen LogP contribution in [0.1, 0.15) is 13.8 Å². The molecule has 6 nitrogen and oxygen atoms in total. The van der Waals surface area contributed by atoms with Gasteiger partial charge in [-0.25, -0.2) is 9.59 Å². The Morgan fingerprint density at radius 3 is 1.35 bits per heavy atom. The highest BCUT2D eigenvalue weighted by atomic mass is 16.4. The average molecular weight is 246 g/mol. The first-order valence-electron chi connectivity index (χ1n) is 4.44. The van der Waals surface area contributed by atoms with Crippen molar-refractivity contribution in [1.29, 1.82) is 0 Å². The molecular weight excluding hydrogens is 228 g/mol. The molecule has 0 aliphatic heterocycles. The van der Waals surface area contributed by atoms with E-state index in [9.17, 15) is 14.4 Å². The number of aliphatic hydroxyl groups excluding tert-OH is 1. The van der Waals surface area contributed by atoms with E-state index in [0.29, 0.717) is 0 Å². The molecule has 3 N–H and O–H groups in total. The van der Waals surface area contributed by atoms with Crippen LogP contribution in [0.5, 0.6) is 0 Å². The van der Waals surface area contributed by atoms with Crippen LogP contribution in [-0.2, 0) is 14.4 Å². The van der Waals surface area contributed by atoms with Gasteiger partial charge in [-0.05, 0) is 0 Å². The van der Waals surface area contributed by atoms with Gasteiger partial charge < -0.3 is 20.1 Å². The molecule has 98 valence electrons. The first kappa shape index (κ1) is 20.5. The fourth-order valence-electron chi connectivity index (χ4n) is 0.0373. The lowest BCUT2D eigenvalue weighted by Crippen LogP contribution is -2.17. The minimum Gasteiger partial charge on any atom is -0.478 e. The molecule has 0 aliphatic carbocycles. The van der Waals surface area contributed by atoms with Crippen molar-refractivity contribution in [2.45, 2.75) is 13.8 Å². The molecule has 0 saturated carbocycles. The minimum absolute atomic E-state index is 0.0729. The van der Waals surface area contributed by atoms with Gasteiger partial charge in [0.15, 0.2) is 0 Å². The van der Waals surface area contributed by atoms with Gasteiger partial charge in [-0.3, -0.25) is 0 Å². The topological polar surface area (TPSA) is 112 Å². The van der Waals surface area contributed by atoms with Gasteiger partial charge in [-0.1, -0.05) is 27.0 Å². The second kappa shape index (κ2) is 12.1. The van der Waals surface area contributed by atoms with Crippen LogP contribution in [-0.4, -0.2) is 40.2 Å². The molecule has 0 aliphatic rings. The van der Waals surface area contributed by atoms with Crippen molar-refractivity contribution < 1.29 is 29.7 Å². The van der Waals surface area contributed by atoms with Gasteiger partial charge in [-0.15, -0.1) is 0 Å². The summed E-state index contributed by atoms with van der Waals surface area (Å²) in [6, 6.07) is 0. The third-order valence-electron chi connectivity index (χ3n) is 1.08. The van der Waals surface area contributed by atoms with Crippen molar-refractivity contribution in [2.24, 2.45) is 5.41 Å². The van der Waals surface area contributed by atoms with E-state index in [1.165, 1.54) is 0 Å². The van der Waals surface area contributed by atoms with E-state index in [0.717, 1.165) is 18.4 Å². The monoisotopic (exact) mass is 246 g/mol. The Balaban J connectivity index is -0.000000177. The number of hydrogen-bond acceptors (Lipinski definition) is 4. The van der Waals surface area contributed by atoms with Crippen LogP contribution in [0.3, 0.4) is 0 Å². The van der Waals surface area contributed by atoms with E-state index in [1.54, 1.807) is 13.8 Å². The third kappa shape index (κ3) is 31.5. The Morgan fingerprint density at radius 1 is 1.12 bits per heavy atom. The highest BCUT2D eigenvalue weighted by Gasteiger charge is 2.12. The molecule has 0 rings (SSSR count). The highest BCUT2D eigenvalue weighted by molar-refractivity contribution is 5.79. The van der Waals surface area contributed by atoms with Crippen LogP contribution in [0.4, 0.5) is 0 Å². The number of rotatable bonds is 4. The molecule has 0 aromatic rings. The van der Waals surface area contributed by atoms with Crippen LogP contribution in [0.2, 0.25) is 0 Å². The SMILES string of the molecule is C=CC(=O)O.C=CC(=O)O.CC(C)(C=O)CO. The third-order valence-corrected chi connectivity index (χ3v) is 1.08. The Labute approximate surface area is 99.9 Å². The maximum absolute atomic E-state index is 9.90. The molecule has 0 atom stereocenters. The van der Waals surface area contributed by atoms with Crippen LogP contribution < -0.4 is 0 Å². The van der Waals surface area contributed by atoms with E-state index in [4.69, 9.17) is 15.3 Å². The Morgan fingerprint density at radius 2 is 1.35 bits per heavy atom. The van der Waals surface area contributed by atoms with Crippen molar-refractivity contribution in [1.82, 2.24) is 0 Å². The summed E-state index contributed by atoms with van der Waals surface area (Å²) in [7, 11) is 0. The lowest BCUT2D eigenvalue weighted by Gasteiger charge is -2.09. The van der Waals surface area contributed by atoms with E-state index < -0.39 is 17.4 Å². The van der Waals surface area contributed by atoms with Crippen LogP contribution in [0.25, 0.3) is 0 Å². The smallest absolute Gasteiger partial charge is 0.327 e. The van der Waals surface area contributed by atoms with Crippen molar-refractivity contribution in [3.05, 3.63) is 25.3 Å². The number of aliphatic carboxylic acids is 2. The molecule has 0 spiro atoms. The molecule has 0 saturated heterocycles. The summed E-state index contributed by atoms with van der Waals surface area (Å²) in [5.74, 6) is -1.96. The summed E-state index contributed by atoms with van der Waals surface area (Å²) in [6.07, 6.45) is 2.41. The molecule has 0 fully saturated rings. The number of carboxylic acids is 2. The average Bonchev–Trinajstić information content (AvgIpc) is 2.30. The van der Waals surface area contributed by atoms with Crippen LogP contribution >= 0.6 is 0 Å². The molecule has 17 heavy (non-hydrogen) atoms. The molecule has 0 unspecified atom stereocenters. The number of carboxylic acid groups (broad SMARTS) is 2. The van der Waals surface area contributed by atoms with Gasteiger partial charge in [0.25, 0.3) is 0 Å². The van der Waals surface area contributed by atoms with E-state index in [1.807, 2.05) is 0 Å². The van der Waals surface area contributed by atoms with E-state index in [2.05, 4.69) is 13.2 Å². The number of carbonyl (C=O) groups is 3. The van der Waals surface area contributed by atoms with Crippen molar-refractivity contribution in [3.8, 4) is 0 Å². The molecule has 0 heterocycles. The molecule has 0 amide bonds. The summed E-state index contributed by atoms with van der Waals surface area (Å²) >= 11 is 0. The summed E-state index contributed by atoms with van der Waals surface area (Å²) in [4.78, 5) is 28.4. The fourth-order valence-corrected chi connectivity index (χ4v) is 0.0373. The quantitative estimate of drug-likeness (QED) is 0.497. The van der Waals surface area contributed by atoms with Crippen molar-refractivity contribution in [2.75, 3.05) is 6.61 Å². The lowest BCUT2D eigenvalue weighted by molar-refractivity contribution is -0.132. The van der Waals surface area contributed by atoms with Crippen molar-refractivity contribution in [3.63, 3.8) is 0 Å². The van der Waals surface area contributed by atoms with E-state index >= 15 is 0 Å². The second-order valence-electron chi connectivity index (χ2n) is 3.35.